The summed E-state index contributed by atoms with van der Waals surface area (Å²) in [6, 6.07) is 6.85. The van der Waals surface area contributed by atoms with Crippen molar-refractivity contribution in [2.24, 2.45) is 0 Å². The van der Waals surface area contributed by atoms with Crippen molar-refractivity contribution >= 4 is 17.6 Å². The molecule has 0 saturated heterocycles. The van der Waals surface area contributed by atoms with Crippen molar-refractivity contribution in [1.82, 2.24) is 20.0 Å². The van der Waals surface area contributed by atoms with Crippen LogP contribution >= 0.6 is 0 Å². The molecule has 0 aliphatic rings. The minimum atomic E-state index is -0.262. The summed E-state index contributed by atoms with van der Waals surface area (Å²) < 4.78 is 1.82. The van der Waals surface area contributed by atoms with Crippen molar-refractivity contribution < 1.29 is 9.59 Å². The fourth-order valence-corrected chi connectivity index (χ4v) is 2.27. The smallest absolute Gasteiger partial charge is 0.319 e. The molecule has 3 amide bonds. The largest absolute Gasteiger partial charge is 0.345 e. The highest BCUT2D eigenvalue weighted by Gasteiger charge is 2.11. The molecule has 0 radical (unpaired) electrons. The molecule has 0 fully saturated rings. The number of carbonyl (C=O) groups excluding carboxylic acids is 2. The number of aryl methyl sites for hydroxylation is 2. The standard InChI is InChI=1S/C17H23N5O2/c1-13-12-14(6-7-15(13)16(23)21(2)3)20-17(24)18-8-4-10-22-11-5-9-19-22/h5-7,9,11-12H,4,8,10H2,1-3H3,(H2,18,20,24). The summed E-state index contributed by atoms with van der Waals surface area (Å²) in [5.74, 6) is -0.0536. The van der Waals surface area contributed by atoms with Gasteiger partial charge in [0.05, 0.1) is 0 Å². The van der Waals surface area contributed by atoms with Gasteiger partial charge in [0, 0.05) is 50.8 Å². The van der Waals surface area contributed by atoms with E-state index in [0.29, 0.717) is 17.8 Å². The molecule has 0 aliphatic carbocycles. The van der Waals surface area contributed by atoms with Gasteiger partial charge in [-0.05, 0) is 43.2 Å². The third-order valence-corrected chi connectivity index (χ3v) is 3.53. The number of hydrogen-bond donors (Lipinski definition) is 2. The van der Waals surface area contributed by atoms with Gasteiger partial charge in [-0.2, -0.15) is 5.10 Å². The van der Waals surface area contributed by atoms with Crippen molar-refractivity contribution in [2.45, 2.75) is 19.9 Å². The van der Waals surface area contributed by atoms with E-state index in [0.717, 1.165) is 18.5 Å². The van der Waals surface area contributed by atoms with Gasteiger partial charge in [0.15, 0.2) is 0 Å². The van der Waals surface area contributed by atoms with Crippen LogP contribution in [0, 0.1) is 6.92 Å². The van der Waals surface area contributed by atoms with E-state index in [2.05, 4.69) is 15.7 Å². The van der Waals surface area contributed by atoms with Gasteiger partial charge in [-0.1, -0.05) is 0 Å². The third-order valence-electron chi connectivity index (χ3n) is 3.53. The third kappa shape index (κ3) is 4.84. The van der Waals surface area contributed by atoms with Crippen LogP contribution in [0.4, 0.5) is 10.5 Å². The van der Waals surface area contributed by atoms with Crippen molar-refractivity contribution in [3.63, 3.8) is 0 Å². The lowest BCUT2D eigenvalue weighted by Crippen LogP contribution is -2.30. The lowest BCUT2D eigenvalue weighted by Gasteiger charge is -2.14. The summed E-state index contributed by atoms with van der Waals surface area (Å²) in [6.07, 6.45) is 4.41. The average molecular weight is 329 g/mol. The SMILES string of the molecule is Cc1cc(NC(=O)NCCCn2cccn2)ccc1C(=O)N(C)C. The second kappa shape index (κ2) is 8.14. The molecule has 0 bridgehead atoms. The molecule has 2 rings (SSSR count). The Kier molecular flexibility index (Phi) is 5.95. The average Bonchev–Trinajstić information content (AvgIpc) is 3.04. The number of carbonyl (C=O) groups is 2. The number of urea groups is 1. The van der Waals surface area contributed by atoms with Crippen LogP contribution in [0.2, 0.25) is 0 Å². The Morgan fingerprint density at radius 2 is 2.08 bits per heavy atom. The van der Waals surface area contributed by atoms with E-state index in [1.165, 1.54) is 4.90 Å². The molecule has 7 heteroatoms. The maximum absolute atomic E-state index is 12.0. The molecular formula is C17H23N5O2. The van der Waals surface area contributed by atoms with Crippen LogP contribution in [-0.4, -0.2) is 47.3 Å². The molecule has 0 aliphatic heterocycles. The van der Waals surface area contributed by atoms with Crippen molar-refractivity contribution in [3.8, 4) is 0 Å². The van der Waals surface area contributed by atoms with Crippen LogP contribution in [-0.2, 0) is 6.54 Å². The molecule has 2 N–H and O–H groups in total. The fourth-order valence-electron chi connectivity index (χ4n) is 2.27. The molecule has 2 aromatic rings. The quantitative estimate of drug-likeness (QED) is 0.797. The summed E-state index contributed by atoms with van der Waals surface area (Å²) in [7, 11) is 3.43. The summed E-state index contributed by atoms with van der Waals surface area (Å²) >= 11 is 0. The van der Waals surface area contributed by atoms with E-state index in [1.54, 1.807) is 38.5 Å². The predicted octanol–water partition coefficient (Wildman–Crippen LogP) is 2.11. The number of anilines is 1. The minimum Gasteiger partial charge on any atom is -0.345 e. The Bertz CT molecular complexity index is 695. The first-order valence-electron chi connectivity index (χ1n) is 7.82. The maximum atomic E-state index is 12.0. The second-order valence-electron chi connectivity index (χ2n) is 5.73. The summed E-state index contributed by atoms with van der Waals surface area (Å²) in [5.41, 5.74) is 2.11. The van der Waals surface area contributed by atoms with Crippen LogP contribution in [0.25, 0.3) is 0 Å². The highest BCUT2D eigenvalue weighted by Crippen LogP contribution is 2.16. The molecule has 0 spiro atoms. The van der Waals surface area contributed by atoms with Gasteiger partial charge in [0.1, 0.15) is 0 Å². The number of nitrogens with one attached hydrogen (secondary N) is 2. The Morgan fingerprint density at radius 3 is 2.71 bits per heavy atom. The normalized spacial score (nSPS) is 10.3. The zero-order chi connectivity index (χ0) is 17.5. The van der Waals surface area contributed by atoms with Crippen LogP contribution in [0.1, 0.15) is 22.3 Å². The van der Waals surface area contributed by atoms with Gasteiger partial charge < -0.3 is 15.5 Å². The zero-order valence-corrected chi connectivity index (χ0v) is 14.2. The molecular weight excluding hydrogens is 306 g/mol. The topological polar surface area (TPSA) is 79.3 Å². The summed E-state index contributed by atoms with van der Waals surface area (Å²) in [6.45, 7) is 3.17. The Labute approximate surface area is 141 Å². The number of amides is 3. The first-order valence-corrected chi connectivity index (χ1v) is 7.82. The number of hydrogen-bond acceptors (Lipinski definition) is 3. The van der Waals surface area contributed by atoms with E-state index < -0.39 is 0 Å². The molecule has 0 saturated carbocycles. The molecule has 24 heavy (non-hydrogen) atoms. The summed E-state index contributed by atoms with van der Waals surface area (Å²) in [4.78, 5) is 25.4. The molecule has 7 nitrogen and oxygen atoms in total. The number of aromatic nitrogens is 2. The lowest BCUT2D eigenvalue weighted by molar-refractivity contribution is 0.0827. The first kappa shape index (κ1) is 17.5. The molecule has 0 atom stereocenters. The van der Waals surface area contributed by atoms with E-state index >= 15 is 0 Å². The Hall–Kier alpha value is -2.83. The molecule has 1 heterocycles. The monoisotopic (exact) mass is 329 g/mol. The second-order valence-corrected chi connectivity index (χ2v) is 5.73. The van der Waals surface area contributed by atoms with E-state index in [9.17, 15) is 9.59 Å². The highest BCUT2D eigenvalue weighted by atomic mass is 16.2. The molecule has 128 valence electrons. The van der Waals surface area contributed by atoms with Gasteiger partial charge in [0.25, 0.3) is 5.91 Å². The fraction of sp³-hybridized carbons (Fsp3) is 0.353. The predicted molar refractivity (Wildman–Crippen MR) is 93.1 cm³/mol. The van der Waals surface area contributed by atoms with Gasteiger partial charge >= 0.3 is 6.03 Å². The summed E-state index contributed by atoms with van der Waals surface area (Å²) in [5, 5.41) is 9.68. The van der Waals surface area contributed by atoms with Crippen LogP contribution in [0.15, 0.2) is 36.7 Å². The number of benzene rings is 1. The number of nitrogens with zero attached hydrogens (tertiary/aromatic N) is 3. The zero-order valence-electron chi connectivity index (χ0n) is 14.2. The Balaban J connectivity index is 1.81. The Morgan fingerprint density at radius 1 is 1.29 bits per heavy atom. The lowest BCUT2D eigenvalue weighted by atomic mass is 10.1. The van der Waals surface area contributed by atoms with Crippen LogP contribution < -0.4 is 10.6 Å². The van der Waals surface area contributed by atoms with Crippen molar-refractivity contribution in [3.05, 3.63) is 47.8 Å². The first-order chi connectivity index (χ1) is 11.5. The van der Waals surface area contributed by atoms with Crippen LogP contribution in [0.3, 0.4) is 0 Å². The maximum Gasteiger partial charge on any atom is 0.319 e. The highest BCUT2D eigenvalue weighted by molar-refractivity contribution is 5.96. The van der Waals surface area contributed by atoms with Crippen molar-refractivity contribution in [2.75, 3.05) is 26.0 Å². The molecule has 1 aromatic heterocycles. The number of rotatable bonds is 6. The molecule has 1 aromatic carbocycles. The minimum absolute atomic E-state index is 0.0536. The van der Waals surface area contributed by atoms with E-state index in [4.69, 9.17) is 0 Å². The van der Waals surface area contributed by atoms with Gasteiger partial charge in [-0.3, -0.25) is 9.48 Å². The van der Waals surface area contributed by atoms with E-state index in [1.807, 2.05) is 23.9 Å². The van der Waals surface area contributed by atoms with Crippen LogP contribution in [0.5, 0.6) is 0 Å². The van der Waals surface area contributed by atoms with Crippen molar-refractivity contribution in [1.29, 1.82) is 0 Å². The molecule has 0 unspecified atom stereocenters. The van der Waals surface area contributed by atoms with Gasteiger partial charge in [-0.25, -0.2) is 4.79 Å². The van der Waals surface area contributed by atoms with Gasteiger partial charge in [-0.15, -0.1) is 0 Å². The van der Waals surface area contributed by atoms with E-state index in [-0.39, 0.29) is 11.9 Å². The van der Waals surface area contributed by atoms with Gasteiger partial charge in [0.2, 0.25) is 0 Å².